The van der Waals surface area contributed by atoms with E-state index in [1.54, 1.807) is 5.56 Å². The van der Waals surface area contributed by atoms with E-state index in [9.17, 15) is 0 Å². The van der Waals surface area contributed by atoms with Crippen molar-refractivity contribution in [1.29, 1.82) is 0 Å². The van der Waals surface area contributed by atoms with Gasteiger partial charge in [-0.3, -0.25) is 0 Å². The fraction of sp³-hybridized carbons (Fsp3) is 0.250. The summed E-state index contributed by atoms with van der Waals surface area (Å²) in [5.74, 6) is 0. The molecule has 0 N–H and O–H groups in total. The van der Waals surface area contributed by atoms with E-state index in [0.29, 0.717) is 0 Å². The molecule has 0 radical (unpaired) electrons. The Balaban J connectivity index is 0.000001000. The smallest absolute Gasteiger partial charge is 1.00 e. The molecule has 0 nitrogen and oxygen atoms in total. The molecule has 2 aliphatic rings. The predicted molar refractivity (Wildman–Crippen MR) is 77.5 cm³/mol. The quantitative estimate of drug-likeness (QED) is 0.529. The van der Waals surface area contributed by atoms with E-state index < -0.39 is 20.4 Å². The molecular formula is C16H18Cl2SiZr. The Bertz CT molecular complexity index is 611. The molecule has 0 saturated carbocycles. The maximum Gasteiger partial charge on any atom is -1.00 e. The number of halogens is 2. The standard InChI is InChI=1S/C9H7.C5H5.C2H6Si.2ClH.Zr/c1-2-5-9-7-3-6-8(9)4-1;1-2-4-5-3-1;1-3-2;;;/h1-7H;1-3H,4H2;1-2H3;2*1H;/q;;;;;+2/p-2. The molecule has 1 aromatic rings. The Hall–Kier alpha value is 0.120. The Morgan fingerprint density at radius 3 is 2.55 bits per heavy atom. The molecule has 4 heteroatoms. The van der Waals surface area contributed by atoms with Gasteiger partial charge in [-0.1, -0.05) is 0 Å². The number of hydrogen-bond acceptors (Lipinski definition) is 0. The van der Waals surface area contributed by atoms with Gasteiger partial charge in [-0.2, -0.15) is 0 Å². The van der Waals surface area contributed by atoms with E-state index in [1.807, 2.05) is 3.28 Å². The third-order valence-corrected chi connectivity index (χ3v) is 21.9. The second-order valence-corrected chi connectivity index (χ2v) is 22.9. The van der Waals surface area contributed by atoms with Gasteiger partial charge in [0.15, 0.2) is 0 Å². The molecule has 0 bridgehead atoms. The van der Waals surface area contributed by atoms with Crippen molar-refractivity contribution in [1.82, 2.24) is 0 Å². The van der Waals surface area contributed by atoms with Crippen LogP contribution in [0.3, 0.4) is 0 Å². The Kier molecular flexibility index (Phi) is 7.21. The van der Waals surface area contributed by atoms with Crippen LogP contribution in [0.1, 0.15) is 21.2 Å². The summed E-state index contributed by atoms with van der Waals surface area (Å²) in [6.45, 7) is 5.07. The van der Waals surface area contributed by atoms with Gasteiger partial charge in [0.25, 0.3) is 0 Å². The van der Waals surface area contributed by atoms with E-state index in [2.05, 4.69) is 67.7 Å². The first-order valence-corrected chi connectivity index (χ1v) is 15.4. The Labute approximate surface area is 142 Å². The third-order valence-electron chi connectivity index (χ3n) is 3.77. The van der Waals surface area contributed by atoms with Gasteiger partial charge in [-0.05, 0) is 0 Å². The first-order valence-electron chi connectivity index (χ1n) is 6.58. The molecule has 0 amide bonds. The van der Waals surface area contributed by atoms with Crippen molar-refractivity contribution in [3.05, 3.63) is 63.0 Å². The fourth-order valence-electron chi connectivity index (χ4n) is 2.98. The summed E-state index contributed by atoms with van der Waals surface area (Å²) >= 11 is -1.49. The summed E-state index contributed by atoms with van der Waals surface area (Å²) in [6, 6.07) is 8.99. The van der Waals surface area contributed by atoms with Crippen LogP contribution in [0.4, 0.5) is 0 Å². The normalized spacial score (nSPS) is 17.4. The van der Waals surface area contributed by atoms with E-state index >= 15 is 0 Å². The minimum absolute atomic E-state index is 0. The van der Waals surface area contributed by atoms with Crippen molar-refractivity contribution in [2.45, 2.75) is 23.1 Å². The number of rotatable bonds is 2. The molecule has 0 aliphatic heterocycles. The second-order valence-electron chi connectivity index (χ2n) is 5.20. The van der Waals surface area contributed by atoms with Gasteiger partial charge >= 0.3 is 118 Å². The maximum atomic E-state index is 2.54. The third kappa shape index (κ3) is 3.47. The van der Waals surface area contributed by atoms with E-state index in [1.165, 1.54) is 12.0 Å². The largest absolute Gasteiger partial charge is 1.00 e. The summed E-state index contributed by atoms with van der Waals surface area (Å²) in [7, 11) is 0. The number of fused-ring (bicyclic) bond motifs is 1. The first kappa shape index (κ1) is 18.2. The molecule has 0 fully saturated rings. The van der Waals surface area contributed by atoms with Gasteiger partial charge in [-0.15, -0.1) is 0 Å². The number of benzene rings is 1. The van der Waals surface area contributed by atoms with Gasteiger partial charge in [0.1, 0.15) is 0 Å². The minimum atomic E-state index is -1.49. The molecule has 1 unspecified atom stereocenters. The van der Waals surface area contributed by atoms with Crippen LogP contribution in [0, 0.1) is 0 Å². The summed E-state index contributed by atoms with van der Waals surface area (Å²) in [5.41, 5.74) is 2.94. The fourth-order valence-corrected chi connectivity index (χ4v) is 20.8. The van der Waals surface area contributed by atoms with Crippen LogP contribution in [-0.2, 0) is 20.4 Å². The number of hydrogen-bond donors (Lipinski definition) is 0. The van der Waals surface area contributed by atoms with Gasteiger partial charge in [0, 0.05) is 0 Å². The molecule has 3 rings (SSSR count). The first-order chi connectivity index (χ1) is 8.77. The summed E-state index contributed by atoms with van der Waals surface area (Å²) < 4.78 is 2.64. The van der Waals surface area contributed by atoms with Crippen LogP contribution >= 0.6 is 0 Å². The van der Waals surface area contributed by atoms with Crippen molar-refractivity contribution in [2.75, 3.05) is 0 Å². The molecule has 0 spiro atoms. The van der Waals surface area contributed by atoms with Crippen molar-refractivity contribution in [2.24, 2.45) is 0 Å². The molecular weight excluding hydrogens is 382 g/mol. The summed E-state index contributed by atoms with van der Waals surface area (Å²) in [4.78, 5) is 0. The monoisotopic (exact) mass is 398 g/mol. The Morgan fingerprint density at radius 2 is 1.90 bits per heavy atom. The van der Waals surface area contributed by atoms with E-state index in [4.69, 9.17) is 0 Å². The Morgan fingerprint density at radius 1 is 1.15 bits per heavy atom. The summed E-state index contributed by atoms with van der Waals surface area (Å²) in [6.07, 6.45) is 13.2. The topological polar surface area (TPSA) is 0 Å². The van der Waals surface area contributed by atoms with Crippen molar-refractivity contribution in [3.63, 3.8) is 0 Å². The van der Waals surface area contributed by atoms with Crippen LogP contribution in [0.5, 0.6) is 0 Å². The van der Waals surface area contributed by atoms with Crippen LogP contribution in [0.25, 0.3) is 6.08 Å². The predicted octanol–water partition coefficient (Wildman–Crippen LogP) is -1.52. The molecule has 104 valence electrons. The van der Waals surface area contributed by atoms with E-state index in [0.717, 1.165) is 3.63 Å². The summed E-state index contributed by atoms with van der Waals surface area (Å²) in [5, 5.41) is 0. The zero-order valence-electron chi connectivity index (χ0n) is 11.7. The molecule has 0 heterocycles. The molecule has 0 aromatic heterocycles. The molecule has 1 atom stereocenters. The zero-order chi connectivity index (χ0) is 12.5. The molecule has 20 heavy (non-hydrogen) atoms. The van der Waals surface area contributed by atoms with Gasteiger partial charge in [0.2, 0.25) is 0 Å². The van der Waals surface area contributed by atoms with E-state index in [-0.39, 0.29) is 30.2 Å². The second kappa shape index (κ2) is 7.94. The van der Waals surface area contributed by atoms with Gasteiger partial charge in [0.05, 0.1) is 0 Å². The molecule has 1 aromatic carbocycles. The number of allylic oxidation sites excluding steroid dienone is 5. The van der Waals surface area contributed by atoms with Crippen LogP contribution in [-0.4, -0.2) is 5.43 Å². The van der Waals surface area contributed by atoms with Crippen LogP contribution < -0.4 is 24.8 Å². The maximum absolute atomic E-state index is 2.54. The van der Waals surface area contributed by atoms with Crippen molar-refractivity contribution < 1.29 is 45.2 Å². The van der Waals surface area contributed by atoms with Crippen molar-refractivity contribution >= 4 is 11.5 Å². The van der Waals surface area contributed by atoms with Crippen LogP contribution in [0.2, 0.25) is 13.1 Å². The molecule has 2 aliphatic carbocycles. The van der Waals surface area contributed by atoms with Gasteiger partial charge < -0.3 is 24.8 Å². The average Bonchev–Trinajstić information content (AvgIpc) is 3.00. The zero-order valence-corrected chi connectivity index (χ0v) is 16.7. The molecule has 0 saturated heterocycles. The van der Waals surface area contributed by atoms with Crippen LogP contribution in [0.15, 0.2) is 51.9 Å². The SMILES string of the molecule is C[Si](C)=[Zr+2]([C]1=CC=CC1)[CH]1C=Cc2ccccc21.[Cl-].[Cl-]. The van der Waals surface area contributed by atoms with Crippen molar-refractivity contribution in [3.8, 4) is 0 Å². The minimum Gasteiger partial charge on any atom is -1.00 e. The average molecular weight is 401 g/mol. The van der Waals surface area contributed by atoms with Gasteiger partial charge in [-0.25, -0.2) is 0 Å².